The van der Waals surface area contributed by atoms with E-state index in [0.29, 0.717) is 12.5 Å². The van der Waals surface area contributed by atoms with Gasteiger partial charge in [-0.1, -0.05) is 32.0 Å². The van der Waals surface area contributed by atoms with E-state index in [1.54, 1.807) is 11.9 Å². The summed E-state index contributed by atoms with van der Waals surface area (Å²) in [5, 5.41) is 3.41. The van der Waals surface area contributed by atoms with Crippen LogP contribution in [-0.2, 0) is 11.3 Å². The molecular formula is C17H28N2O2. The fourth-order valence-electron chi connectivity index (χ4n) is 1.97. The van der Waals surface area contributed by atoms with Crippen molar-refractivity contribution in [3.63, 3.8) is 0 Å². The van der Waals surface area contributed by atoms with Gasteiger partial charge in [-0.05, 0) is 31.9 Å². The van der Waals surface area contributed by atoms with Crippen LogP contribution in [0.3, 0.4) is 0 Å². The first-order chi connectivity index (χ1) is 9.95. The number of hydrogen-bond acceptors (Lipinski definition) is 3. The zero-order chi connectivity index (χ0) is 15.8. The molecule has 4 heteroatoms. The average Bonchev–Trinajstić information content (AvgIpc) is 2.45. The highest BCUT2D eigenvalue weighted by atomic mass is 16.5. The second-order valence-corrected chi connectivity index (χ2v) is 5.78. The second kappa shape index (κ2) is 8.67. The maximum atomic E-state index is 11.9. The number of likely N-dealkylation sites (N-methyl/N-ethyl adjacent to an activating group) is 1. The van der Waals surface area contributed by atoms with Crippen LogP contribution in [0.4, 0.5) is 0 Å². The number of carbonyl (C=O) groups is 1. The summed E-state index contributed by atoms with van der Waals surface area (Å²) in [4.78, 5) is 13.5. The molecule has 1 amide bonds. The molecule has 1 aromatic carbocycles. The molecule has 1 rings (SSSR count). The van der Waals surface area contributed by atoms with Crippen LogP contribution in [0.1, 0.15) is 31.9 Å². The van der Waals surface area contributed by atoms with Crippen molar-refractivity contribution in [1.29, 1.82) is 0 Å². The Labute approximate surface area is 128 Å². The van der Waals surface area contributed by atoms with E-state index in [-0.39, 0.29) is 12.5 Å². The van der Waals surface area contributed by atoms with E-state index >= 15 is 0 Å². The van der Waals surface area contributed by atoms with Crippen LogP contribution in [-0.4, -0.2) is 37.6 Å². The highest BCUT2D eigenvalue weighted by Crippen LogP contribution is 2.23. The van der Waals surface area contributed by atoms with Crippen molar-refractivity contribution in [2.75, 3.05) is 26.7 Å². The Morgan fingerprint density at radius 3 is 2.71 bits per heavy atom. The van der Waals surface area contributed by atoms with E-state index in [1.165, 1.54) is 0 Å². The number of benzene rings is 1. The fourth-order valence-corrected chi connectivity index (χ4v) is 1.97. The number of aryl methyl sites for hydroxylation is 1. The third-order valence-corrected chi connectivity index (χ3v) is 3.40. The largest absolute Gasteiger partial charge is 0.483 e. The minimum atomic E-state index is 0.00171. The van der Waals surface area contributed by atoms with E-state index in [9.17, 15) is 4.79 Å². The molecule has 0 heterocycles. The molecule has 0 fully saturated rings. The van der Waals surface area contributed by atoms with Crippen LogP contribution < -0.4 is 10.1 Å². The maximum Gasteiger partial charge on any atom is 0.260 e. The Morgan fingerprint density at radius 2 is 2.10 bits per heavy atom. The lowest BCUT2D eigenvalue weighted by Crippen LogP contribution is -2.31. The molecule has 0 bridgehead atoms. The van der Waals surface area contributed by atoms with E-state index < -0.39 is 0 Å². The SMILES string of the molecule is CCN(C)C(=O)COc1c(C)cccc1CNCC(C)C. The topological polar surface area (TPSA) is 41.6 Å². The van der Waals surface area contributed by atoms with E-state index in [2.05, 4.69) is 19.2 Å². The van der Waals surface area contributed by atoms with E-state index in [4.69, 9.17) is 4.74 Å². The highest BCUT2D eigenvalue weighted by Gasteiger charge is 2.11. The summed E-state index contributed by atoms with van der Waals surface area (Å²) in [5.74, 6) is 1.44. The number of carbonyl (C=O) groups excluding carboxylic acids is 1. The smallest absolute Gasteiger partial charge is 0.260 e. The van der Waals surface area contributed by atoms with Gasteiger partial charge < -0.3 is 15.0 Å². The van der Waals surface area contributed by atoms with Crippen molar-refractivity contribution in [3.8, 4) is 5.75 Å². The number of hydrogen-bond donors (Lipinski definition) is 1. The van der Waals surface area contributed by atoms with Gasteiger partial charge in [0.05, 0.1) is 0 Å². The molecule has 0 aliphatic carbocycles. The molecule has 118 valence electrons. The highest BCUT2D eigenvalue weighted by molar-refractivity contribution is 5.77. The van der Waals surface area contributed by atoms with E-state index in [1.807, 2.05) is 32.0 Å². The molecule has 0 unspecified atom stereocenters. The molecule has 0 aliphatic rings. The normalized spacial score (nSPS) is 10.8. The van der Waals surface area contributed by atoms with Crippen LogP contribution >= 0.6 is 0 Å². The van der Waals surface area contributed by atoms with Gasteiger partial charge in [-0.3, -0.25) is 4.79 Å². The van der Waals surface area contributed by atoms with Gasteiger partial charge in [0.25, 0.3) is 5.91 Å². The van der Waals surface area contributed by atoms with Crippen molar-refractivity contribution in [3.05, 3.63) is 29.3 Å². The van der Waals surface area contributed by atoms with Crippen LogP contribution in [0, 0.1) is 12.8 Å². The Morgan fingerprint density at radius 1 is 1.38 bits per heavy atom. The monoisotopic (exact) mass is 292 g/mol. The molecule has 0 spiro atoms. The molecular weight excluding hydrogens is 264 g/mol. The first kappa shape index (κ1) is 17.5. The third-order valence-electron chi connectivity index (χ3n) is 3.40. The van der Waals surface area contributed by atoms with E-state index in [0.717, 1.165) is 30.0 Å². The molecule has 1 N–H and O–H groups in total. The van der Waals surface area contributed by atoms with Crippen molar-refractivity contribution in [1.82, 2.24) is 10.2 Å². The fraction of sp³-hybridized carbons (Fsp3) is 0.588. The summed E-state index contributed by atoms with van der Waals surface area (Å²) in [6, 6.07) is 6.08. The standard InChI is InChI=1S/C17H28N2O2/c1-6-19(5)16(20)12-21-17-14(4)8-7-9-15(17)11-18-10-13(2)3/h7-9,13,18H,6,10-12H2,1-5H3. The number of amides is 1. The number of nitrogens with zero attached hydrogens (tertiary/aromatic N) is 1. The predicted octanol–water partition coefficient (Wildman–Crippen LogP) is 2.60. The van der Waals surface area contributed by atoms with Gasteiger partial charge in [-0.15, -0.1) is 0 Å². The first-order valence-corrected chi connectivity index (χ1v) is 7.61. The Balaban J connectivity index is 2.69. The molecule has 0 aliphatic heterocycles. The summed E-state index contributed by atoms with van der Waals surface area (Å²) in [6.45, 7) is 10.8. The van der Waals surface area contributed by atoms with Gasteiger partial charge in [0.2, 0.25) is 0 Å². The lowest BCUT2D eigenvalue weighted by Gasteiger charge is -2.18. The van der Waals surface area contributed by atoms with Crippen molar-refractivity contribution in [2.24, 2.45) is 5.92 Å². The lowest BCUT2D eigenvalue weighted by atomic mass is 10.1. The number of nitrogens with one attached hydrogen (secondary N) is 1. The molecule has 0 atom stereocenters. The van der Waals surface area contributed by atoms with Gasteiger partial charge in [-0.2, -0.15) is 0 Å². The van der Waals surface area contributed by atoms with Crippen molar-refractivity contribution in [2.45, 2.75) is 34.2 Å². The molecule has 1 aromatic rings. The molecule has 0 saturated carbocycles. The van der Waals surface area contributed by atoms with Gasteiger partial charge in [0.15, 0.2) is 6.61 Å². The number of ether oxygens (including phenoxy) is 1. The van der Waals surface area contributed by atoms with Gasteiger partial charge in [0.1, 0.15) is 5.75 Å². The minimum Gasteiger partial charge on any atom is -0.483 e. The van der Waals surface area contributed by atoms with Crippen molar-refractivity contribution >= 4 is 5.91 Å². The maximum absolute atomic E-state index is 11.9. The summed E-state index contributed by atoms with van der Waals surface area (Å²) >= 11 is 0. The molecule has 4 nitrogen and oxygen atoms in total. The second-order valence-electron chi connectivity index (χ2n) is 5.78. The van der Waals surface area contributed by atoms with Gasteiger partial charge in [-0.25, -0.2) is 0 Å². The Bertz CT molecular complexity index is 458. The van der Waals surface area contributed by atoms with Gasteiger partial charge in [0, 0.05) is 25.7 Å². The molecule has 0 saturated heterocycles. The summed E-state index contributed by atoms with van der Waals surface area (Å²) in [5.41, 5.74) is 2.16. The molecule has 0 radical (unpaired) electrons. The summed E-state index contributed by atoms with van der Waals surface area (Å²) in [7, 11) is 1.79. The van der Waals surface area contributed by atoms with Crippen LogP contribution in [0.15, 0.2) is 18.2 Å². The number of rotatable bonds is 8. The first-order valence-electron chi connectivity index (χ1n) is 7.61. The molecule has 21 heavy (non-hydrogen) atoms. The average molecular weight is 292 g/mol. The number of para-hydroxylation sites is 1. The van der Waals surface area contributed by atoms with Crippen LogP contribution in [0.25, 0.3) is 0 Å². The summed E-state index contributed by atoms with van der Waals surface area (Å²) < 4.78 is 5.78. The van der Waals surface area contributed by atoms with Crippen LogP contribution in [0.2, 0.25) is 0 Å². The van der Waals surface area contributed by atoms with Crippen LogP contribution in [0.5, 0.6) is 5.75 Å². The Kier molecular flexibility index (Phi) is 7.23. The molecule has 0 aromatic heterocycles. The summed E-state index contributed by atoms with van der Waals surface area (Å²) in [6.07, 6.45) is 0. The predicted molar refractivity (Wildman–Crippen MR) is 86.5 cm³/mol. The lowest BCUT2D eigenvalue weighted by molar-refractivity contribution is -0.131. The zero-order valence-corrected chi connectivity index (χ0v) is 13.9. The van der Waals surface area contributed by atoms with Crippen molar-refractivity contribution < 1.29 is 9.53 Å². The Hall–Kier alpha value is -1.55. The third kappa shape index (κ3) is 5.76. The quantitative estimate of drug-likeness (QED) is 0.801. The zero-order valence-electron chi connectivity index (χ0n) is 13.9. The minimum absolute atomic E-state index is 0.00171. The van der Waals surface area contributed by atoms with Gasteiger partial charge >= 0.3 is 0 Å².